The van der Waals surface area contributed by atoms with Crippen LogP contribution in [0.4, 0.5) is 14.5 Å². The van der Waals surface area contributed by atoms with Crippen molar-refractivity contribution in [1.29, 1.82) is 0 Å². The molecule has 0 aromatic heterocycles. The second-order valence-corrected chi connectivity index (χ2v) is 4.28. The number of anilines is 1. The molecule has 1 aromatic carbocycles. The van der Waals surface area contributed by atoms with Gasteiger partial charge in [0, 0.05) is 22.8 Å². The number of halogens is 3. The molecule has 0 aliphatic rings. The molecule has 0 aliphatic carbocycles. The second kappa shape index (κ2) is 5.81. The number of rotatable bonds is 4. The van der Waals surface area contributed by atoms with Gasteiger partial charge in [-0.1, -0.05) is 5.16 Å². The van der Waals surface area contributed by atoms with Gasteiger partial charge in [0.2, 0.25) is 0 Å². The Morgan fingerprint density at radius 1 is 1.59 bits per heavy atom. The first-order chi connectivity index (χ1) is 7.95. The lowest BCUT2D eigenvalue weighted by Crippen LogP contribution is -2.24. The Morgan fingerprint density at radius 3 is 2.71 bits per heavy atom. The summed E-state index contributed by atoms with van der Waals surface area (Å²) in [7, 11) is 1.57. The van der Waals surface area contributed by atoms with E-state index in [1.807, 2.05) is 0 Å². The van der Waals surface area contributed by atoms with Crippen molar-refractivity contribution in [3.8, 4) is 0 Å². The summed E-state index contributed by atoms with van der Waals surface area (Å²) < 4.78 is 25.0. The Balaban J connectivity index is 2.96. The van der Waals surface area contributed by atoms with E-state index in [0.29, 0.717) is 15.7 Å². The maximum Gasteiger partial charge on any atom is 0.255 e. The topological polar surface area (TPSA) is 61.8 Å². The van der Waals surface area contributed by atoms with E-state index in [1.165, 1.54) is 4.90 Å². The van der Waals surface area contributed by atoms with Crippen molar-refractivity contribution in [3.63, 3.8) is 0 Å². The highest BCUT2D eigenvalue weighted by molar-refractivity contribution is 9.10. The largest absolute Gasteiger partial charge is 0.409 e. The Kier molecular flexibility index (Phi) is 4.68. The van der Waals surface area contributed by atoms with Crippen molar-refractivity contribution >= 4 is 27.5 Å². The lowest BCUT2D eigenvalue weighted by molar-refractivity contribution is 0.156. The molecule has 1 aromatic rings. The van der Waals surface area contributed by atoms with Crippen LogP contribution in [0.2, 0.25) is 0 Å². The third kappa shape index (κ3) is 3.55. The highest BCUT2D eigenvalue weighted by atomic mass is 79.9. The number of benzene rings is 1. The molecule has 1 rings (SSSR count). The molecule has 3 N–H and O–H groups in total. The number of nitrogens with two attached hydrogens (primary N) is 1. The molecule has 0 saturated heterocycles. The number of alkyl halides is 2. The molecule has 0 fully saturated rings. The van der Waals surface area contributed by atoms with E-state index in [4.69, 9.17) is 10.9 Å². The summed E-state index contributed by atoms with van der Waals surface area (Å²) in [6, 6.07) is 4.85. The van der Waals surface area contributed by atoms with Crippen LogP contribution in [0, 0.1) is 0 Å². The molecule has 0 spiro atoms. The predicted octanol–water partition coefficient (Wildman–Crippen LogP) is 2.24. The lowest BCUT2D eigenvalue weighted by Gasteiger charge is -2.19. The molecule has 0 radical (unpaired) electrons. The van der Waals surface area contributed by atoms with E-state index in [0.717, 1.165) is 0 Å². The standard InChI is InChI=1S/C10H12BrF2N3O/c1-16(5-9(12)13)6-2-3-7(8(11)4-6)10(14)15-17/h2-4,9,17H,5H2,1H3,(H2,14,15). The number of amidine groups is 1. The van der Waals surface area contributed by atoms with E-state index < -0.39 is 6.43 Å². The summed E-state index contributed by atoms with van der Waals surface area (Å²) in [6.07, 6.45) is -2.40. The maximum absolute atomic E-state index is 12.2. The van der Waals surface area contributed by atoms with Gasteiger partial charge in [-0.3, -0.25) is 0 Å². The van der Waals surface area contributed by atoms with Crippen LogP contribution in [-0.4, -0.2) is 31.1 Å². The molecular formula is C10H12BrF2N3O. The zero-order valence-corrected chi connectivity index (χ0v) is 10.7. The van der Waals surface area contributed by atoms with E-state index >= 15 is 0 Å². The molecule has 4 nitrogen and oxygen atoms in total. The minimum absolute atomic E-state index is 0.0417. The highest BCUT2D eigenvalue weighted by Crippen LogP contribution is 2.23. The van der Waals surface area contributed by atoms with Gasteiger partial charge in [0.1, 0.15) is 0 Å². The quantitative estimate of drug-likeness (QED) is 0.388. The number of hydrogen-bond acceptors (Lipinski definition) is 3. The molecule has 17 heavy (non-hydrogen) atoms. The average molecular weight is 308 g/mol. The first-order valence-corrected chi connectivity index (χ1v) is 5.51. The van der Waals surface area contributed by atoms with Crippen LogP contribution in [0.25, 0.3) is 0 Å². The smallest absolute Gasteiger partial charge is 0.255 e. The van der Waals surface area contributed by atoms with Crippen LogP contribution in [0.15, 0.2) is 27.8 Å². The summed E-state index contributed by atoms with van der Waals surface area (Å²) in [5.74, 6) is -0.0417. The first kappa shape index (κ1) is 13.7. The number of hydrogen-bond donors (Lipinski definition) is 2. The first-order valence-electron chi connectivity index (χ1n) is 4.72. The summed E-state index contributed by atoms with van der Waals surface area (Å²) >= 11 is 3.24. The van der Waals surface area contributed by atoms with Gasteiger partial charge in [0.25, 0.3) is 6.43 Å². The van der Waals surface area contributed by atoms with E-state index in [1.54, 1.807) is 25.2 Å². The summed E-state index contributed by atoms with van der Waals surface area (Å²) in [6.45, 7) is -0.352. The fourth-order valence-electron chi connectivity index (χ4n) is 1.32. The molecule has 0 unspecified atom stereocenters. The Bertz CT molecular complexity index is 426. The van der Waals surface area contributed by atoms with Crippen LogP contribution in [0.1, 0.15) is 5.56 Å². The number of oxime groups is 1. The van der Waals surface area contributed by atoms with Crippen molar-refractivity contribution in [2.75, 3.05) is 18.5 Å². The van der Waals surface area contributed by atoms with Gasteiger partial charge in [-0.2, -0.15) is 0 Å². The zero-order valence-electron chi connectivity index (χ0n) is 9.07. The van der Waals surface area contributed by atoms with Crippen LogP contribution in [-0.2, 0) is 0 Å². The normalized spacial score (nSPS) is 11.9. The van der Waals surface area contributed by atoms with Gasteiger partial charge >= 0.3 is 0 Å². The van der Waals surface area contributed by atoms with Gasteiger partial charge in [-0.15, -0.1) is 0 Å². The molecule has 7 heteroatoms. The Labute approximate surface area is 106 Å². The van der Waals surface area contributed by atoms with Crippen LogP contribution in [0.5, 0.6) is 0 Å². The predicted molar refractivity (Wildman–Crippen MR) is 65.9 cm³/mol. The zero-order chi connectivity index (χ0) is 13.0. The second-order valence-electron chi connectivity index (χ2n) is 3.42. The fourth-order valence-corrected chi connectivity index (χ4v) is 1.89. The van der Waals surface area contributed by atoms with Crippen molar-refractivity contribution in [1.82, 2.24) is 0 Å². The summed E-state index contributed by atoms with van der Waals surface area (Å²) in [5, 5.41) is 11.4. The van der Waals surface area contributed by atoms with Gasteiger partial charge < -0.3 is 15.8 Å². The number of nitrogens with zero attached hydrogens (tertiary/aromatic N) is 2. The lowest BCUT2D eigenvalue weighted by atomic mass is 10.2. The van der Waals surface area contributed by atoms with Crippen molar-refractivity contribution in [2.24, 2.45) is 10.9 Å². The Morgan fingerprint density at radius 2 is 2.24 bits per heavy atom. The average Bonchev–Trinajstić information content (AvgIpc) is 2.27. The van der Waals surface area contributed by atoms with E-state index in [-0.39, 0.29) is 12.4 Å². The third-order valence-electron chi connectivity index (χ3n) is 2.19. The monoisotopic (exact) mass is 307 g/mol. The summed E-state index contributed by atoms with van der Waals surface area (Å²) in [4.78, 5) is 1.42. The molecule has 94 valence electrons. The third-order valence-corrected chi connectivity index (χ3v) is 2.85. The molecule has 0 heterocycles. The highest BCUT2D eigenvalue weighted by Gasteiger charge is 2.11. The minimum atomic E-state index is -2.40. The molecule has 0 bridgehead atoms. The van der Waals surface area contributed by atoms with Crippen LogP contribution < -0.4 is 10.6 Å². The molecule has 0 aliphatic heterocycles. The van der Waals surface area contributed by atoms with Crippen LogP contribution >= 0.6 is 15.9 Å². The van der Waals surface area contributed by atoms with Crippen molar-refractivity contribution < 1.29 is 14.0 Å². The van der Waals surface area contributed by atoms with Gasteiger partial charge in [0.05, 0.1) is 6.54 Å². The van der Waals surface area contributed by atoms with Crippen molar-refractivity contribution in [2.45, 2.75) is 6.43 Å². The maximum atomic E-state index is 12.2. The van der Waals surface area contributed by atoms with E-state index in [9.17, 15) is 8.78 Å². The fraction of sp³-hybridized carbons (Fsp3) is 0.300. The molecule has 0 saturated carbocycles. The minimum Gasteiger partial charge on any atom is -0.409 e. The van der Waals surface area contributed by atoms with Gasteiger partial charge in [0.15, 0.2) is 5.84 Å². The van der Waals surface area contributed by atoms with Gasteiger partial charge in [-0.05, 0) is 34.1 Å². The summed E-state index contributed by atoms with van der Waals surface area (Å²) in [5.41, 5.74) is 6.56. The molecule has 0 amide bonds. The van der Waals surface area contributed by atoms with Crippen LogP contribution in [0.3, 0.4) is 0 Å². The Hall–Kier alpha value is -1.37. The van der Waals surface area contributed by atoms with Gasteiger partial charge in [-0.25, -0.2) is 8.78 Å². The van der Waals surface area contributed by atoms with E-state index in [2.05, 4.69) is 21.1 Å². The molecule has 0 atom stereocenters. The van der Waals surface area contributed by atoms with Crippen molar-refractivity contribution in [3.05, 3.63) is 28.2 Å². The molecular weight excluding hydrogens is 296 g/mol. The SMILES string of the molecule is CN(CC(F)F)c1ccc(/C(N)=N/O)c(Br)c1.